The Hall–Kier alpha value is -8.84. The maximum absolute atomic E-state index is 6.71. The van der Waals surface area contributed by atoms with E-state index in [1.54, 1.807) is 0 Å². The number of fused-ring (bicyclic) bond motifs is 13. The van der Waals surface area contributed by atoms with Crippen LogP contribution in [-0.4, -0.2) is 20.7 Å². The first-order valence-electron chi connectivity index (χ1n) is 24.4. The predicted molar refractivity (Wildman–Crippen MR) is 301 cm³/mol. The van der Waals surface area contributed by atoms with E-state index in [-0.39, 0.29) is 5.92 Å². The Balaban J connectivity index is 1.00. The van der Waals surface area contributed by atoms with Gasteiger partial charge in [-0.05, 0) is 102 Å². The van der Waals surface area contributed by atoms with Gasteiger partial charge in [0.25, 0.3) is 0 Å². The number of thiophene rings is 1. The number of amidine groups is 1. The largest absolute Gasteiger partial charge is 0.456 e. The quantitative estimate of drug-likeness (QED) is 0.170. The third-order valence-electron chi connectivity index (χ3n) is 14.8. The highest BCUT2D eigenvalue weighted by molar-refractivity contribution is 7.25. The van der Waals surface area contributed by atoms with E-state index in [9.17, 15) is 0 Å². The Bertz CT molecular complexity index is 4630. The SMILES string of the molecule is CC1C/C=C(\c2cc3c(cc2-n2c4ccccc4c4cc5ccccc5cc42)oc2ccccc23)N=C(c2ccc3sc4ccccc4c3c2)N=C1c1ccc2c3ccccc3n(-c3ccccc3)c2c1. The molecule has 0 amide bonds. The normalized spacial score (nSPS) is 15.3. The Morgan fingerprint density at radius 1 is 0.451 bits per heavy atom. The summed E-state index contributed by atoms with van der Waals surface area (Å²) in [7, 11) is 0. The van der Waals surface area contributed by atoms with Gasteiger partial charge in [0.1, 0.15) is 11.2 Å². The molecule has 1 atom stereocenters. The molecule has 14 aromatic rings. The molecule has 6 heteroatoms. The Kier molecular flexibility index (Phi) is 8.80. The van der Waals surface area contributed by atoms with E-state index in [2.05, 4.69) is 228 Å². The van der Waals surface area contributed by atoms with Gasteiger partial charge in [0.05, 0.1) is 39.2 Å². The standard InChI is InChI=1S/C65H42N4OS/c1-39-27-31-54(53-37-51-48-21-9-13-25-60(48)70-61(51)38-59(53)69-56-24-12-8-20-46(56)50-33-40-15-5-6-16-41(40)35-58(50)69)66-65(43-29-32-63-52(34-43)49-22-10-14-26-62(49)71-63)67-64(39)42-28-30-47-45-19-7-11-23-55(45)68(57(47)36-42)44-17-3-2-4-18-44/h2-26,28-39H,27H2,1H3/b54-31+,66-65?,67-64?. The van der Waals surface area contributed by atoms with Gasteiger partial charge in [-0.2, -0.15) is 0 Å². The van der Waals surface area contributed by atoms with Gasteiger partial charge in [-0.3, -0.25) is 0 Å². The minimum Gasteiger partial charge on any atom is -0.456 e. The van der Waals surface area contributed by atoms with Crippen LogP contribution in [0.2, 0.25) is 0 Å². The zero-order valence-electron chi connectivity index (χ0n) is 38.7. The van der Waals surface area contributed by atoms with E-state index >= 15 is 0 Å². The third kappa shape index (κ3) is 6.24. The van der Waals surface area contributed by atoms with Crippen LogP contribution in [0.4, 0.5) is 0 Å². The number of allylic oxidation sites excluding steroid dienone is 1. The lowest BCUT2D eigenvalue weighted by atomic mass is 9.92. The van der Waals surface area contributed by atoms with Crippen molar-refractivity contribution in [2.45, 2.75) is 13.3 Å². The number of furan rings is 1. The summed E-state index contributed by atoms with van der Waals surface area (Å²) in [6, 6.07) is 76.8. The second-order valence-electron chi connectivity index (χ2n) is 18.9. The minimum atomic E-state index is 0.0368. The summed E-state index contributed by atoms with van der Waals surface area (Å²) in [5.74, 6) is 0.713. The van der Waals surface area contributed by atoms with Crippen molar-refractivity contribution in [3.05, 3.63) is 235 Å². The van der Waals surface area contributed by atoms with Crippen molar-refractivity contribution in [3.63, 3.8) is 0 Å². The average Bonchev–Trinajstić information content (AvgIpc) is 4.16. The van der Waals surface area contributed by atoms with Gasteiger partial charge in [-0.25, -0.2) is 9.98 Å². The molecule has 1 unspecified atom stereocenters. The molecule has 0 saturated carbocycles. The Morgan fingerprint density at radius 2 is 1.10 bits per heavy atom. The molecule has 71 heavy (non-hydrogen) atoms. The van der Waals surface area contributed by atoms with Crippen LogP contribution >= 0.6 is 11.3 Å². The lowest BCUT2D eigenvalue weighted by molar-refractivity contribution is 0.668. The van der Waals surface area contributed by atoms with Gasteiger partial charge in [-0.15, -0.1) is 11.3 Å². The second-order valence-corrected chi connectivity index (χ2v) is 20.0. The van der Waals surface area contributed by atoms with E-state index in [4.69, 9.17) is 14.4 Å². The van der Waals surface area contributed by atoms with Crippen LogP contribution in [0, 0.1) is 5.92 Å². The number of benzene rings is 10. The van der Waals surface area contributed by atoms with E-state index in [0.717, 1.165) is 84.4 Å². The molecule has 0 spiro atoms. The lowest BCUT2D eigenvalue weighted by Gasteiger charge is -2.20. The average molecular weight is 927 g/mol. The van der Waals surface area contributed by atoms with Crippen molar-refractivity contribution >= 4 is 125 Å². The molecule has 15 rings (SSSR count). The van der Waals surface area contributed by atoms with Crippen LogP contribution in [0.3, 0.4) is 0 Å². The van der Waals surface area contributed by atoms with Crippen LogP contribution in [0.5, 0.6) is 0 Å². The van der Waals surface area contributed by atoms with Crippen molar-refractivity contribution in [3.8, 4) is 11.4 Å². The molecule has 1 aliphatic heterocycles. The van der Waals surface area contributed by atoms with Gasteiger partial charge >= 0.3 is 0 Å². The number of para-hydroxylation sites is 4. The van der Waals surface area contributed by atoms with Gasteiger partial charge in [0.15, 0.2) is 5.84 Å². The Labute approximate surface area is 412 Å². The molecule has 1 aliphatic rings. The zero-order valence-corrected chi connectivity index (χ0v) is 39.5. The number of rotatable bonds is 5. The van der Waals surface area contributed by atoms with Crippen LogP contribution in [-0.2, 0) is 0 Å². The minimum absolute atomic E-state index is 0.0368. The summed E-state index contributed by atoms with van der Waals surface area (Å²) in [5, 5.41) is 11.8. The summed E-state index contributed by atoms with van der Waals surface area (Å²) >= 11 is 1.83. The third-order valence-corrected chi connectivity index (χ3v) is 15.9. The zero-order chi connectivity index (χ0) is 46.7. The van der Waals surface area contributed by atoms with Crippen molar-refractivity contribution in [1.82, 2.24) is 9.13 Å². The van der Waals surface area contributed by atoms with E-state index in [1.807, 2.05) is 17.4 Å². The van der Waals surface area contributed by atoms with Crippen molar-refractivity contribution in [2.75, 3.05) is 0 Å². The number of nitrogens with zero attached hydrogens (tertiary/aromatic N) is 4. The predicted octanol–water partition coefficient (Wildman–Crippen LogP) is 17.6. The van der Waals surface area contributed by atoms with Crippen molar-refractivity contribution in [1.29, 1.82) is 0 Å². The first-order valence-corrected chi connectivity index (χ1v) is 25.2. The molecule has 4 aromatic heterocycles. The van der Waals surface area contributed by atoms with Gasteiger partial charge < -0.3 is 13.6 Å². The first kappa shape index (κ1) is 40.1. The molecule has 0 bridgehead atoms. The molecule has 334 valence electrons. The number of hydrogen-bond donors (Lipinski definition) is 0. The highest BCUT2D eigenvalue weighted by Gasteiger charge is 2.25. The van der Waals surface area contributed by atoms with Crippen LogP contribution in [0.25, 0.3) is 114 Å². The summed E-state index contributed by atoms with van der Waals surface area (Å²) in [5.41, 5.74) is 13.4. The first-order chi connectivity index (χ1) is 35.1. The fraction of sp³-hybridized carbons (Fsp3) is 0.0462. The van der Waals surface area contributed by atoms with Crippen molar-refractivity contribution < 1.29 is 4.42 Å². The summed E-state index contributed by atoms with van der Waals surface area (Å²) < 4.78 is 14.0. The summed E-state index contributed by atoms with van der Waals surface area (Å²) in [4.78, 5) is 11.6. The summed E-state index contributed by atoms with van der Waals surface area (Å²) in [6.07, 6.45) is 3.08. The smallest absolute Gasteiger partial charge is 0.160 e. The monoisotopic (exact) mass is 926 g/mol. The second kappa shape index (κ2) is 15.6. The molecule has 0 N–H and O–H groups in total. The molecule has 0 fully saturated rings. The van der Waals surface area contributed by atoms with Gasteiger partial charge in [0.2, 0.25) is 0 Å². The van der Waals surface area contributed by atoms with E-state index in [1.165, 1.54) is 58.0 Å². The number of aliphatic imine (C=N–C) groups is 2. The fourth-order valence-electron chi connectivity index (χ4n) is 11.4. The van der Waals surface area contributed by atoms with E-state index < -0.39 is 0 Å². The van der Waals surface area contributed by atoms with E-state index in [0.29, 0.717) is 5.84 Å². The van der Waals surface area contributed by atoms with Crippen LogP contribution in [0.15, 0.2) is 233 Å². The molecule has 5 heterocycles. The molecule has 10 aromatic carbocycles. The van der Waals surface area contributed by atoms with Crippen molar-refractivity contribution in [2.24, 2.45) is 15.9 Å². The summed E-state index contributed by atoms with van der Waals surface area (Å²) in [6.45, 7) is 2.31. The van der Waals surface area contributed by atoms with Crippen LogP contribution < -0.4 is 0 Å². The highest BCUT2D eigenvalue weighted by Crippen LogP contribution is 2.43. The lowest BCUT2D eigenvalue weighted by Crippen LogP contribution is -2.17. The maximum atomic E-state index is 6.71. The molecular formula is C65H42N4OS. The topological polar surface area (TPSA) is 47.7 Å². The molecule has 0 aliphatic carbocycles. The maximum Gasteiger partial charge on any atom is 0.160 e. The van der Waals surface area contributed by atoms with Gasteiger partial charge in [0, 0.05) is 81.3 Å². The number of hydrogen-bond acceptors (Lipinski definition) is 4. The molecule has 0 saturated heterocycles. The molecule has 0 radical (unpaired) electrons. The van der Waals surface area contributed by atoms with Crippen LogP contribution in [0.1, 0.15) is 30.0 Å². The highest BCUT2D eigenvalue weighted by atomic mass is 32.1. The fourth-order valence-corrected chi connectivity index (χ4v) is 12.5. The van der Waals surface area contributed by atoms with Gasteiger partial charge in [-0.1, -0.05) is 140 Å². The molecule has 5 nitrogen and oxygen atoms in total. The molecular weight excluding hydrogens is 885 g/mol. The Morgan fingerprint density at radius 3 is 1.94 bits per heavy atom. The number of aromatic nitrogens is 2.